The van der Waals surface area contributed by atoms with Crippen molar-refractivity contribution in [1.82, 2.24) is 5.32 Å². The van der Waals surface area contributed by atoms with E-state index in [2.05, 4.69) is 67.8 Å². The van der Waals surface area contributed by atoms with E-state index < -0.39 is 12.1 Å². The molecule has 0 aliphatic heterocycles. The molecule has 0 aliphatic rings. The fraction of sp³-hybridized carbons (Fsp3) is 0.796. The first-order valence-electron chi connectivity index (χ1n) is 25.5. The maximum absolute atomic E-state index is 12.4. The highest BCUT2D eigenvalue weighted by Crippen LogP contribution is 2.16. The van der Waals surface area contributed by atoms with Crippen LogP contribution in [-0.2, 0) is 4.79 Å². The standard InChI is InChI=1S/C54H99NO3/c1-3-5-7-9-11-13-15-17-19-21-22-23-24-25-26-27-28-29-30-31-32-34-36-38-40-42-44-46-48-50-54(58)55-52(51-56)53(57)49-47-45-43-41-39-37-35-33-20-18-16-14-12-10-8-6-4-2/h5,7,11,13,17,19,22-23,47,49,52-53,56-57H,3-4,6,8-10,12,14-16,18,20-21,24-46,48,50-51H2,1-2H3,(H,55,58)/b7-5-,13-11-,19-17-,23-22-,49-47+. The zero-order chi connectivity index (χ0) is 42.1. The minimum Gasteiger partial charge on any atom is -0.394 e. The Balaban J connectivity index is 3.50. The maximum atomic E-state index is 12.4. The molecule has 0 aromatic rings. The van der Waals surface area contributed by atoms with Crippen LogP contribution < -0.4 is 5.32 Å². The van der Waals surface area contributed by atoms with Crippen molar-refractivity contribution in [2.24, 2.45) is 0 Å². The summed E-state index contributed by atoms with van der Waals surface area (Å²) in [5, 5.41) is 23.1. The summed E-state index contributed by atoms with van der Waals surface area (Å²) in [6.45, 7) is 4.21. The largest absolute Gasteiger partial charge is 0.394 e. The lowest BCUT2D eigenvalue weighted by Crippen LogP contribution is -2.45. The third kappa shape index (κ3) is 45.2. The molecule has 0 spiro atoms. The summed E-state index contributed by atoms with van der Waals surface area (Å²) in [7, 11) is 0. The Kier molecular flexibility index (Phi) is 47.8. The van der Waals surface area contributed by atoms with Crippen LogP contribution in [0.5, 0.6) is 0 Å². The van der Waals surface area contributed by atoms with E-state index in [1.54, 1.807) is 6.08 Å². The molecule has 0 aliphatic carbocycles. The van der Waals surface area contributed by atoms with Crippen LogP contribution >= 0.6 is 0 Å². The number of aliphatic hydroxyl groups excluding tert-OH is 2. The number of allylic oxidation sites excluding steroid dienone is 9. The molecule has 0 rings (SSSR count). The first-order valence-corrected chi connectivity index (χ1v) is 25.5. The Morgan fingerprint density at radius 1 is 0.431 bits per heavy atom. The Morgan fingerprint density at radius 2 is 0.759 bits per heavy atom. The van der Waals surface area contributed by atoms with Gasteiger partial charge in [0.1, 0.15) is 0 Å². The molecule has 1 amide bonds. The predicted octanol–water partition coefficient (Wildman–Crippen LogP) is 16.5. The Bertz CT molecular complexity index is 965. The van der Waals surface area contributed by atoms with Gasteiger partial charge in [0.15, 0.2) is 0 Å². The van der Waals surface area contributed by atoms with Crippen LogP contribution in [0.3, 0.4) is 0 Å². The highest BCUT2D eigenvalue weighted by Gasteiger charge is 2.18. The number of hydrogen-bond acceptors (Lipinski definition) is 3. The lowest BCUT2D eigenvalue weighted by molar-refractivity contribution is -0.123. The molecule has 2 unspecified atom stereocenters. The number of carbonyl (C=O) groups is 1. The summed E-state index contributed by atoms with van der Waals surface area (Å²) in [5.41, 5.74) is 0. The summed E-state index contributed by atoms with van der Waals surface area (Å²) in [6, 6.07) is -0.623. The molecular weight excluding hydrogens is 711 g/mol. The topological polar surface area (TPSA) is 69.6 Å². The highest BCUT2D eigenvalue weighted by molar-refractivity contribution is 5.76. The Labute approximate surface area is 362 Å². The fourth-order valence-electron chi connectivity index (χ4n) is 7.64. The van der Waals surface area contributed by atoms with Crippen LogP contribution in [0.1, 0.15) is 258 Å². The van der Waals surface area contributed by atoms with E-state index in [1.807, 2.05) is 6.08 Å². The minimum atomic E-state index is -0.840. The molecule has 0 fully saturated rings. The number of nitrogens with one attached hydrogen (secondary N) is 1. The summed E-state index contributed by atoms with van der Waals surface area (Å²) in [6.07, 6.45) is 69.3. The highest BCUT2D eigenvalue weighted by atomic mass is 16.3. The maximum Gasteiger partial charge on any atom is 0.220 e. The second-order valence-electron chi connectivity index (χ2n) is 17.2. The van der Waals surface area contributed by atoms with Crippen LogP contribution in [0.25, 0.3) is 0 Å². The monoisotopic (exact) mass is 810 g/mol. The van der Waals surface area contributed by atoms with Crippen molar-refractivity contribution in [1.29, 1.82) is 0 Å². The van der Waals surface area contributed by atoms with Crippen molar-refractivity contribution in [3.63, 3.8) is 0 Å². The van der Waals surface area contributed by atoms with Crippen LogP contribution in [0, 0.1) is 0 Å². The van der Waals surface area contributed by atoms with Crippen LogP contribution in [-0.4, -0.2) is 34.9 Å². The fourth-order valence-corrected chi connectivity index (χ4v) is 7.64. The quantitative estimate of drug-likeness (QED) is 0.0424. The van der Waals surface area contributed by atoms with Gasteiger partial charge in [0.2, 0.25) is 5.91 Å². The smallest absolute Gasteiger partial charge is 0.220 e. The summed E-state index contributed by atoms with van der Waals surface area (Å²) >= 11 is 0. The average Bonchev–Trinajstić information content (AvgIpc) is 3.23. The molecule has 0 heterocycles. The zero-order valence-electron chi connectivity index (χ0n) is 38.8. The molecule has 338 valence electrons. The Morgan fingerprint density at radius 3 is 1.14 bits per heavy atom. The molecule has 4 heteroatoms. The number of aliphatic hydroxyl groups is 2. The molecule has 0 aromatic heterocycles. The number of amides is 1. The van der Waals surface area contributed by atoms with Gasteiger partial charge in [-0.05, 0) is 57.8 Å². The third-order valence-electron chi connectivity index (χ3n) is 11.5. The van der Waals surface area contributed by atoms with E-state index in [0.717, 1.165) is 51.4 Å². The molecular formula is C54H99NO3. The second-order valence-corrected chi connectivity index (χ2v) is 17.2. The second kappa shape index (κ2) is 49.5. The molecule has 0 saturated heterocycles. The molecule has 2 atom stereocenters. The van der Waals surface area contributed by atoms with E-state index in [-0.39, 0.29) is 12.5 Å². The van der Waals surface area contributed by atoms with Gasteiger partial charge in [0, 0.05) is 6.42 Å². The van der Waals surface area contributed by atoms with Gasteiger partial charge >= 0.3 is 0 Å². The number of unbranched alkanes of at least 4 members (excludes halogenated alkanes) is 31. The number of hydrogen-bond donors (Lipinski definition) is 3. The van der Waals surface area contributed by atoms with Gasteiger partial charge in [-0.15, -0.1) is 0 Å². The van der Waals surface area contributed by atoms with E-state index >= 15 is 0 Å². The first-order chi connectivity index (χ1) is 28.7. The van der Waals surface area contributed by atoms with Crippen molar-refractivity contribution in [3.8, 4) is 0 Å². The lowest BCUT2D eigenvalue weighted by Gasteiger charge is -2.20. The van der Waals surface area contributed by atoms with E-state index in [0.29, 0.717) is 6.42 Å². The van der Waals surface area contributed by atoms with Crippen LogP contribution in [0.15, 0.2) is 60.8 Å². The summed E-state index contributed by atoms with van der Waals surface area (Å²) < 4.78 is 0. The molecule has 0 aromatic carbocycles. The molecule has 0 radical (unpaired) electrons. The average molecular weight is 810 g/mol. The molecule has 0 saturated carbocycles. The molecule has 0 bridgehead atoms. The van der Waals surface area contributed by atoms with Gasteiger partial charge in [0.05, 0.1) is 18.8 Å². The molecule has 3 N–H and O–H groups in total. The van der Waals surface area contributed by atoms with Gasteiger partial charge < -0.3 is 15.5 Å². The van der Waals surface area contributed by atoms with Crippen molar-refractivity contribution < 1.29 is 15.0 Å². The summed E-state index contributed by atoms with van der Waals surface area (Å²) in [4.78, 5) is 12.4. The van der Waals surface area contributed by atoms with E-state index in [9.17, 15) is 15.0 Å². The summed E-state index contributed by atoms with van der Waals surface area (Å²) in [5.74, 6) is -0.0633. The van der Waals surface area contributed by atoms with Crippen LogP contribution in [0.4, 0.5) is 0 Å². The van der Waals surface area contributed by atoms with E-state index in [4.69, 9.17) is 0 Å². The first kappa shape index (κ1) is 56.1. The van der Waals surface area contributed by atoms with E-state index in [1.165, 1.54) is 186 Å². The normalized spacial score (nSPS) is 13.4. The van der Waals surface area contributed by atoms with Gasteiger partial charge in [-0.25, -0.2) is 0 Å². The number of rotatable bonds is 46. The van der Waals surface area contributed by atoms with Gasteiger partial charge in [-0.1, -0.05) is 254 Å². The predicted molar refractivity (Wildman–Crippen MR) is 258 cm³/mol. The number of carbonyl (C=O) groups excluding carboxylic acids is 1. The molecule has 58 heavy (non-hydrogen) atoms. The van der Waals surface area contributed by atoms with Gasteiger partial charge in [-0.2, -0.15) is 0 Å². The van der Waals surface area contributed by atoms with Crippen molar-refractivity contribution in [3.05, 3.63) is 60.8 Å². The van der Waals surface area contributed by atoms with Crippen LogP contribution in [0.2, 0.25) is 0 Å². The Hall–Kier alpha value is -1.91. The van der Waals surface area contributed by atoms with Crippen molar-refractivity contribution >= 4 is 5.91 Å². The van der Waals surface area contributed by atoms with Gasteiger partial charge in [0.25, 0.3) is 0 Å². The molecule has 4 nitrogen and oxygen atoms in total. The van der Waals surface area contributed by atoms with Crippen molar-refractivity contribution in [2.45, 2.75) is 270 Å². The van der Waals surface area contributed by atoms with Gasteiger partial charge in [-0.3, -0.25) is 4.79 Å². The third-order valence-corrected chi connectivity index (χ3v) is 11.5. The SMILES string of the molecule is CC/C=C\C/C=C\C/C=C\C/C=C\CCCCCCCCCCCCCCCCCCC(=O)NC(CO)C(O)/C=C/CCCCCCCCCCCCCCCCC. The van der Waals surface area contributed by atoms with Crippen molar-refractivity contribution in [2.75, 3.05) is 6.61 Å². The lowest BCUT2D eigenvalue weighted by atomic mass is 10.0. The minimum absolute atomic E-state index is 0.0633. The zero-order valence-corrected chi connectivity index (χ0v) is 38.8.